The Morgan fingerprint density at radius 1 is 1.19 bits per heavy atom. The summed E-state index contributed by atoms with van der Waals surface area (Å²) in [5.41, 5.74) is -0.700. The maximum atomic E-state index is 12.5. The molecule has 1 heterocycles. The molecule has 0 bridgehead atoms. The van der Waals surface area contributed by atoms with Crippen LogP contribution in [0.25, 0.3) is 11.3 Å². The van der Waals surface area contributed by atoms with E-state index in [9.17, 15) is 21.6 Å². The molecule has 1 aromatic carbocycles. The minimum Gasteiger partial charge on any atom is -0.254 e. The molecule has 9 heteroatoms. The first-order valence-electron chi connectivity index (χ1n) is 5.45. The molecule has 0 saturated carbocycles. The van der Waals surface area contributed by atoms with Gasteiger partial charge in [0.2, 0.25) is 10.0 Å². The van der Waals surface area contributed by atoms with Crippen molar-refractivity contribution in [2.75, 3.05) is 0 Å². The van der Waals surface area contributed by atoms with Gasteiger partial charge in [0, 0.05) is 11.8 Å². The summed E-state index contributed by atoms with van der Waals surface area (Å²) in [6.45, 7) is 0. The monoisotopic (exact) mass is 336 g/mol. The summed E-state index contributed by atoms with van der Waals surface area (Å²) in [5, 5.41) is 4.75. The van der Waals surface area contributed by atoms with E-state index in [1.807, 2.05) is 0 Å². The summed E-state index contributed by atoms with van der Waals surface area (Å²) in [5.74, 6) is 0. The van der Waals surface area contributed by atoms with Crippen LogP contribution >= 0.6 is 11.6 Å². The Morgan fingerprint density at radius 3 is 2.38 bits per heavy atom. The molecule has 0 atom stereocenters. The van der Waals surface area contributed by atoms with Crippen molar-refractivity contribution in [3.8, 4) is 11.3 Å². The normalized spacial score (nSPS) is 12.4. The zero-order chi connectivity index (χ0) is 15.8. The first-order chi connectivity index (χ1) is 9.59. The van der Waals surface area contributed by atoms with Crippen molar-refractivity contribution >= 4 is 21.6 Å². The van der Waals surface area contributed by atoms with E-state index in [0.717, 1.165) is 6.07 Å². The smallest absolute Gasteiger partial charge is 0.254 e. The summed E-state index contributed by atoms with van der Waals surface area (Å²) in [4.78, 5) is 3.47. The molecule has 2 aromatic rings. The lowest BCUT2D eigenvalue weighted by molar-refractivity contribution is -0.137. The number of hydrogen-bond donors (Lipinski definition) is 1. The molecule has 0 saturated heterocycles. The van der Waals surface area contributed by atoms with E-state index >= 15 is 0 Å². The van der Waals surface area contributed by atoms with Gasteiger partial charge in [-0.1, -0.05) is 23.7 Å². The van der Waals surface area contributed by atoms with Crippen molar-refractivity contribution in [1.29, 1.82) is 0 Å². The quantitative estimate of drug-likeness (QED) is 0.916. The molecule has 0 amide bonds. The zero-order valence-corrected chi connectivity index (χ0v) is 11.8. The second-order valence-electron chi connectivity index (χ2n) is 4.13. The molecule has 112 valence electrons. The second kappa shape index (κ2) is 5.28. The largest absolute Gasteiger partial charge is 0.417 e. The maximum Gasteiger partial charge on any atom is 0.417 e. The number of halogens is 4. The molecule has 2 rings (SSSR count). The number of rotatable bonds is 2. The number of alkyl halides is 3. The van der Waals surface area contributed by atoms with Crippen LogP contribution in [0.3, 0.4) is 0 Å². The Bertz CT molecular complexity index is 791. The average Bonchev–Trinajstić information content (AvgIpc) is 2.36. The van der Waals surface area contributed by atoms with Gasteiger partial charge in [0.05, 0.1) is 21.2 Å². The van der Waals surface area contributed by atoms with Crippen LogP contribution in [0.1, 0.15) is 5.56 Å². The summed E-state index contributed by atoms with van der Waals surface area (Å²) in [6, 6.07) is 6.04. The third-order valence-electron chi connectivity index (χ3n) is 2.60. The zero-order valence-electron chi connectivity index (χ0n) is 10.2. The van der Waals surface area contributed by atoms with Crippen LogP contribution in [0.5, 0.6) is 0 Å². The van der Waals surface area contributed by atoms with Gasteiger partial charge in [0.25, 0.3) is 0 Å². The van der Waals surface area contributed by atoms with Crippen LogP contribution in [0.2, 0.25) is 5.02 Å². The lowest BCUT2D eigenvalue weighted by atomic mass is 10.1. The van der Waals surface area contributed by atoms with Crippen molar-refractivity contribution in [2.45, 2.75) is 11.1 Å². The van der Waals surface area contributed by atoms with Crippen LogP contribution in [-0.2, 0) is 16.2 Å². The molecule has 0 spiro atoms. The standard InChI is InChI=1S/C12H8ClF3N2O2S/c13-10-5-8(12(14,15)16)6-18-11(10)7-2-1-3-9(4-7)21(17,19)20/h1-6H,(H2,17,19,20). The topological polar surface area (TPSA) is 73.1 Å². The van der Waals surface area contributed by atoms with Gasteiger partial charge in [-0.2, -0.15) is 13.2 Å². The number of benzene rings is 1. The van der Waals surface area contributed by atoms with Gasteiger partial charge in [-0.15, -0.1) is 0 Å². The molecule has 4 nitrogen and oxygen atoms in total. The van der Waals surface area contributed by atoms with Crippen molar-refractivity contribution in [2.24, 2.45) is 5.14 Å². The molecule has 0 unspecified atom stereocenters. The molecule has 2 N–H and O–H groups in total. The van der Waals surface area contributed by atoms with Crippen LogP contribution in [0.15, 0.2) is 41.4 Å². The number of nitrogens with two attached hydrogens (primary N) is 1. The highest BCUT2D eigenvalue weighted by molar-refractivity contribution is 7.89. The van der Waals surface area contributed by atoms with Gasteiger partial charge in [-0.25, -0.2) is 13.6 Å². The number of primary sulfonamides is 1. The molecule has 1 aromatic heterocycles. The second-order valence-corrected chi connectivity index (χ2v) is 6.09. The third-order valence-corrected chi connectivity index (χ3v) is 3.80. The van der Waals surface area contributed by atoms with E-state index in [1.165, 1.54) is 24.3 Å². The molecule has 0 fully saturated rings. The van der Waals surface area contributed by atoms with E-state index < -0.39 is 21.8 Å². The average molecular weight is 337 g/mol. The van der Waals surface area contributed by atoms with E-state index in [4.69, 9.17) is 16.7 Å². The fourth-order valence-electron chi connectivity index (χ4n) is 1.63. The van der Waals surface area contributed by atoms with Crippen LogP contribution < -0.4 is 5.14 Å². The number of hydrogen-bond acceptors (Lipinski definition) is 3. The van der Waals surface area contributed by atoms with Gasteiger partial charge in [-0.3, -0.25) is 4.98 Å². The Balaban J connectivity index is 2.53. The van der Waals surface area contributed by atoms with Crippen molar-refractivity contribution in [3.05, 3.63) is 47.1 Å². The molecule has 0 aliphatic rings. The van der Waals surface area contributed by atoms with E-state index in [0.29, 0.717) is 6.20 Å². The predicted octanol–water partition coefficient (Wildman–Crippen LogP) is 3.07. The predicted molar refractivity (Wildman–Crippen MR) is 71.1 cm³/mol. The number of nitrogens with zero attached hydrogens (tertiary/aromatic N) is 1. The fraction of sp³-hybridized carbons (Fsp3) is 0.0833. The highest BCUT2D eigenvalue weighted by atomic mass is 35.5. The summed E-state index contributed by atoms with van der Waals surface area (Å²) >= 11 is 5.79. The summed E-state index contributed by atoms with van der Waals surface area (Å²) < 4.78 is 60.1. The molecule has 0 aliphatic carbocycles. The Labute approximate surface area is 123 Å². The lowest BCUT2D eigenvalue weighted by Gasteiger charge is -2.09. The molecular weight excluding hydrogens is 329 g/mol. The minimum atomic E-state index is -4.56. The third kappa shape index (κ3) is 3.52. The summed E-state index contributed by atoms with van der Waals surface area (Å²) in [7, 11) is -3.93. The Kier molecular flexibility index (Phi) is 3.96. The Hall–Kier alpha value is -1.64. The van der Waals surface area contributed by atoms with Gasteiger partial charge in [0.15, 0.2) is 0 Å². The van der Waals surface area contributed by atoms with E-state index in [2.05, 4.69) is 4.98 Å². The maximum absolute atomic E-state index is 12.5. The lowest BCUT2D eigenvalue weighted by Crippen LogP contribution is -2.12. The molecule has 21 heavy (non-hydrogen) atoms. The minimum absolute atomic E-state index is 0.0372. The van der Waals surface area contributed by atoms with Crippen molar-refractivity contribution in [3.63, 3.8) is 0 Å². The SMILES string of the molecule is NS(=O)(=O)c1cccc(-c2ncc(C(F)(F)F)cc2Cl)c1. The first-order valence-corrected chi connectivity index (χ1v) is 7.37. The number of pyridine rings is 1. The van der Waals surface area contributed by atoms with E-state index in [1.54, 1.807) is 0 Å². The van der Waals surface area contributed by atoms with Crippen LogP contribution in [0, 0.1) is 0 Å². The van der Waals surface area contributed by atoms with Crippen LogP contribution in [-0.4, -0.2) is 13.4 Å². The van der Waals surface area contributed by atoms with Crippen LogP contribution in [0.4, 0.5) is 13.2 Å². The molecule has 0 aliphatic heterocycles. The highest BCUT2D eigenvalue weighted by Gasteiger charge is 2.31. The van der Waals surface area contributed by atoms with Crippen molar-refractivity contribution in [1.82, 2.24) is 4.98 Å². The van der Waals surface area contributed by atoms with Crippen molar-refractivity contribution < 1.29 is 21.6 Å². The van der Waals surface area contributed by atoms with E-state index in [-0.39, 0.29) is 21.2 Å². The van der Waals surface area contributed by atoms with Gasteiger partial charge >= 0.3 is 6.18 Å². The fourth-order valence-corrected chi connectivity index (χ4v) is 2.46. The highest BCUT2D eigenvalue weighted by Crippen LogP contribution is 2.34. The Morgan fingerprint density at radius 2 is 1.86 bits per heavy atom. The first kappa shape index (κ1) is 15.7. The molecule has 0 radical (unpaired) electrons. The van der Waals surface area contributed by atoms with Gasteiger partial charge in [0.1, 0.15) is 0 Å². The molecular formula is C12H8ClF3N2O2S. The summed E-state index contributed by atoms with van der Waals surface area (Å²) in [6.07, 6.45) is -3.93. The van der Waals surface area contributed by atoms with Gasteiger partial charge < -0.3 is 0 Å². The van der Waals surface area contributed by atoms with Gasteiger partial charge in [-0.05, 0) is 18.2 Å². The number of sulfonamides is 1. The number of aromatic nitrogens is 1.